The Kier molecular flexibility index (Phi) is 5.71. The summed E-state index contributed by atoms with van der Waals surface area (Å²) in [5, 5.41) is 13.8. The summed E-state index contributed by atoms with van der Waals surface area (Å²) in [7, 11) is -3.70. The van der Waals surface area contributed by atoms with Gasteiger partial charge in [0.05, 0.1) is 23.1 Å². The minimum atomic E-state index is -3.70. The number of carbonyl (C=O) groups excluding carboxylic acids is 1. The molecular formula is C15H15FN4O3S2. The molecule has 0 radical (unpaired) electrons. The van der Waals surface area contributed by atoms with E-state index in [9.17, 15) is 17.6 Å². The normalized spacial score (nSPS) is 11.0. The highest BCUT2D eigenvalue weighted by molar-refractivity contribution is 7.90. The van der Waals surface area contributed by atoms with Crippen LogP contribution in [-0.2, 0) is 9.84 Å². The molecule has 10 heteroatoms. The van der Waals surface area contributed by atoms with Crippen molar-refractivity contribution in [1.82, 2.24) is 10.3 Å². The van der Waals surface area contributed by atoms with Crippen LogP contribution in [0, 0.1) is 24.1 Å². The van der Waals surface area contributed by atoms with E-state index < -0.39 is 21.7 Å². The van der Waals surface area contributed by atoms with Gasteiger partial charge in [-0.1, -0.05) is 17.4 Å². The van der Waals surface area contributed by atoms with Crippen molar-refractivity contribution in [1.29, 1.82) is 5.26 Å². The van der Waals surface area contributed by atoms with Crippen molar-refractivity contribution in [3.05, 3.63) is 29.7 Å². The molecule has 132 valence electrons. The predicted molar refractivity (Wildman–Crippen MR) is 92.6 cm³/mol. The highest BCUT2D eigenvalue weighted by Gasteiger charge is 2.18. The Bertz CT molecular complexity index is 948. The van der Waals surface area contributed by atoms with Gasteiger partial charge < -0.3 is 5.32 Å². The molecule has 0 bridgehead atoms. The molecule has 0 aliphatic carbocycles. The zero-order valence-electron chi connectivity index (χ0n) is 13.5. The first-order valence-corrected chi connectivity index (χ1v) is 9.82. The third kappa shape index (κ3) is 4.74. The number of carbonyl (C=O) groups is 1. The highest BCUT2D eigenvalue weighted by Crippen LogP contribution is 2.34. The maximum Gasteiger partial charge on any atom is 0.321 e. The smallest absolute Gasteiger partial charge is 0.321 e. The molecule has 2 amide bonds. The summed E-state index contributed by atoms with van der Waals surface area (Å²) >= 11 is 1.14. The van der Waals surface area contributed by atoms with E-state index in [1.807, 2.05) is 6.07 Å². The van der Waals surface area contributed by atoms with Gasteiger partial charge >= 0.3 is 6.03 Å². The molecule has 25 heavy (non-hydrogen) atoms. The quantitative estimate of drug-likeness (QED) is 0.772. The van der Waals surface area contributed by atoms with E-state index >= 15 is 0 Å². The van der Waals surface area contributed by atoms with Crippen LogP contribution < -0.4 is 10.6 Å². The van der Waals surface area contributed by atoms with Crippen LogP contribution in [-0.4, -0.2) is 32.2 Å². The third-order valence-corrected chi connectivity index (χ3v) is 5.37. The molecule has 1 aromatic carbocycles. The van der Waals surface area contributed by atoms with Crippen LogP contribution in [0.5, 0.6) is 0 Å². The van der Waals surface area contributed by atoms with Crippen LogP contribution in [0.2, 0.25) is 0 Å². The fourth-order valence-electron chi connectivity index (χ4n) is 2.02. The first-order chi connectivity index (χ1) is 11.7. The van der Waals surface area contributed by atoms with E-state index in [1.165, 1.54) is 12.1 Å². The van der Waals surface area contributed by atoms with Crippen LogP contribution >= 0.6 is 11.3 Å². The molecule has 0 atom stereocenters. The molecule has 0 fully saturated rings. The van der Waals surface area contributed by atoms with Crippen LogP contribution in [0.25, 0.3) is 10.4 Å². The minimum Gasteiger partial charge on any atom is -0.337 e. The third-order valence-electron chi connectivity index (χ3n) is 3.13. The largest absolute Gasteiger partial charge is 0.337 e. The molecule has 0 saturated carbocycles. The number of nitrogens with one attached hydrogen (secondary N) is 2. The summed E-state index contributed by atoms with van der Waals surface area (Å²) in [6.45, 7) is 1.92. The lowest BCUT2D eigenvalue weighted by atomic mass is 10.1. The zero-order chi connectivity index (χ0) is 18.6. The van der Waals surface area contributed by atoms with Crippen molar-refractivity contribution in [3.63, 3.8) is 0 Å². The Morgan fingerprint density at radius 1 is 1.44 bits per heavy atom. The summed E-state index contributed by atoms with van der Waals surface area (Å²) in [5.74, 6) is -0.816. The fraction of sp³-hybridized carbons (Fsp3) is 0.267. The number of aryl methyl sites for hydroxylation is 1. The Morgan fingerprint density at radius 3 is 2.80 bits per heavy atom. The van der Waals surface area contributed by atoms with Crippen molar-refractivity contribution >= 4 is 32.3 Å². The minimum absolute atomic E-state index is 0.194. The van der Waals surface area contributed by atoms with Crippen molar-refractivity contribution in [2.45, 2.75) is 18.2 Å². The average Bonchev–Trinajstić information content (AvgIpc) is 2.87. The second kappa shape index (κ2) is 7.58. The molecular weight excluding hydrogens is 367 g/mol. The van der Waals surface area contributed by atoms with Gasteiger partial charge in [0, 0.05) is 12.8 Å². The Hall–Kier alpha value is -2.51. The first-order valence-electron chi connectivity index (χ1n) is 7.11. The molecule has 7 nitrogen and oxygen atoms in total. The van der Waals surface area contributed by atoms with Crippen LogP contribution in [0.4, 0.5) is 14.3 Å². The van der Waals surface area contributed by atoms with Gasteiger partial charge in [0.2, 0.25) is 0 Å². The number of sulfone groups is 1. The van der Waals surface area contributed by atoms with Crippen LogP contribution in [0.15, 0.2) is 23.1 Å². The lowest BCUT2D eigenvalue weighted by Crippen LogP contribution is -2.29. The Morgan fingerprint density at radius 2 is 2.16 bits per heavy atom. The standard InChI is InChI=1S/C15H15FN4O3S2/c1-9-13(10-4-5-11(16)12(8-10)25(2,22)23)24-15(19-9)20-14(21)18-7-3-6-17/h4-5,8H,3,7H2,1-2H3,(H2,18,19,20,21). The van der Waals surface area contributed by atoms with Crippen molar-refractivity contribution in [3.8, 4) is 16.5 Å². The topological polar surface area (TPSA) is 112 Å². The SMILES string of the molecule is Cc1nc(NC(=O)NCCC#N)sc1-c1ccc(F)c(S(C)(=O)=O)c1. The summed E-state index contributed by atoms with van der Waals surface area (Å²) in [5.41, 5.74) is 1.07. The molecule has 0 unspecified atom stereocenters. The number of urea groups is 1. The molecule has 2 N–H and O–H groups in total. The molecule has 0 saturated heterocycles. The van der Waals surface area contributed by atoms with E-state index in [1.54, 1.807) is 6.92 Å². The van der Waals surface area contributed by atoms with Crippen LogP contribution in [0.3, 0.4) is 0 Å². The van der Waals surface area contributed by atoms with Gasteiger partial charge in [0.1, 0.15) is 10.7 Å². The second-order valence-corrected chi connectivity index (χ2v) is 8.12. The molecule has 2 rings (SSSR count). The lowest BCUT2D eigenvalue weighted by molar-refractivity contribution is 0.252. The van der Waals surface area contributed by atoms with Gasteiger partial charge in [-0.05, 0) is 24.6 Å². The molecule has 0 spiro atoms. The Labute approximate surface area is 148 Å². The molecule has 1 aromatic heterocycles. The zero-order valence-corrected chi connectivity index (χ0v) is 15.1. The number of thiazole rings is 1. The number of halogens is 1. The molecule has 0 aliphatic heterocycles. The van der Waals surface area contributed by atoms with E-state index in [-0.39, 0.29) is 17.9 Å². The average molecular weight is 382 g/mol. The van der Waals surface area contributed by atoms with E-state index in [2.05, 4.69) is 15.6 Å². The fourth-order valence-corrected chi connectivity index (χ4v) is 3.74. The van der Waals surface area contributed by atoms with Gasteiger partial charge in [-0.15, -0.1) is 0 Å². The van der Waals surface area contributed by atoms with E-state index in [0.717, 1.165) is 23.7 Å². The number of aromatic nitrogens is 1. The number of hydrogen-bond donors (Lipinski definition) is 2. The van der Waals surface area contributed by atoms with Crippen molar-refractivity contribution in [2.24, 2.45) is 0 Å². The number of amides is 2. The van der Waals surface area contributed by atoms with Gasteiger partial charge in [-0.25, -0.2) is 22.6 Å². The predicted octanol–water partition coefficient (Wildman–Crippen LogP) is 2.70. The van der Waals surface area contributed by atoms with Gasteiger partial charge in [-0.3, -0.25) is 5.32 Å². The summed E-state index contributed by atoms with van der Waals surface area (Å²) in [6, 6.07) is 5.22. The number of benzene rings is 1. The number of nitriles is 1. The Balaban J connectivity index is 2.26. The summed E-state index contributed by atoms with van der Waals surface area (Å²) in [6.07, 6.45) is 1.13. The van der Waals surface area contributed by atoms with Gasteiger partial charge in [0.15, 0.2) is 15.0 Å². The number of hydrogen-bond acceptors (Lipinski definition) is 6. The van der Waals surface area contributed by atoms with Crippen molar-refractivity contribution < 1.29 is 17.6 Å². The van der Waals surface area contributed by atoms with Gasteiger partial charge in [0.25, 0.3) is 0 Å². The first kappa shape index (κ1) is 18.8. The number of nitrogens with zero attached hydrogens (tertiary/aromatic N) is 2. The van der Waals surface area contributed by atoms with Crippen molar-refractivity contribution in [2.75, 3.05) is 18.1 Å². The van der Waals surface area contributed by atoms with Crippen LogP contribution in [0.1, 0.15) is 12.1 Å². The summed E-state index contributed by atoms with van der Waals surface area (Å²) < 4.78 is 37.0. The molecule has 1 heterocycles. The number of rotatable bonds is 5. The lowest BCUT2D eigenvalue weighted by Gasteiger charge is -2.04. The number of anilines is 1. The maximum atomic E-state index is 13.7. The van der Waals surface area contributed by atoms with Gasteiger partial charge in [-0.2, -0.15) is 5.26 Å². The molecule has 0 aliphatic rings. The van der Waals surface area contributed by atoms with E-state index in [0.29, 0.717) is 21.3 Å². The van der Waals surface area contributed by atoms with E-state index in [4.69, 9.17) is 5.26 Å². The monoisotopic (exact) mass is 382 g/mol. The summed E-state index contributed by atoms with van der Waals surface area (Å²) in [4.78, 5) is 16.1. The maximum absolute atomic E-state index is 13.7. The molecule has 2 aromatic rings. The second-order valence-electron chi connectivity index (χ2n) is 5.14. The highest BCUT2D eigenvalue weighted by atomic mass is 32.2.